The number of hydrogen-bond acceptors (Lipinski definition) is 8. The van der Waals surface area contributed by atoms with Gasteiger partial charge in [-0.25, -0.2) is 20.4 Å². The zero-order chi connectivity index (χ0) is 27.8. The van der Waals surface area contributed by atoms with Gasteiger partial charge < -0.3 is 21.0 Å². The van der Waals surface area contributed by atoms with Crippen LogP contribution in [0.1, 0.15) is 21.5 Å². The normalized spacial score (nSPS) is 11.3. The molecule has 13 heteroatoms. The fourth-order valence-corrected chi connectivity index (χ4v) is 4.02. The molecule has 0 heterocycles. The number of hydrazine groups is 1. The Labute approximate surface area is 227 Å². The highest BCUT2D eigenvalue weighted by atomic mass is 35.5. The second kappa shape index (κ2) is 12.9. The van der Waals surface area contributed by atoms with E-state index in [1.165, 1.54) is 36.4 Å². The third kappa shape index (κ3) is 7.43. The van der Waals surface area contributed by atoms with Crippen molar-refractivity contribution in [3.05, 3.63) is 93.5 Å². The van der Waals surface area contributed by atoms with Crippen molar-refractivity contribution in [2.75, 3.05) is 0 Å². The van der Waals surface area contributed by atoms with Gasteiger partial charge in [0.05, 0.1) is 17.7 Å². The van der Waals surface area contributed by atoms with E-state index in [0.29, 0.717) is 5.69 Å². The van der Waals surface area contributed by atoms with Gasteiger partial charge in [-0.05, 0) is 47.5 Å². The molecule has 0 fully saturated rings. The number of nitrogens with two attached hydrogens (primary N) is 4. The third-order valence-corrected chi connectivity index (χ3v) is 5.97. The van der Waals surface area contributed by atoms with Crippen molar-refractivity contribution in [3.63, 3.8) is 0 Å². The predicted molar refractivity (Wildman–Crippen MR) is 142 cm³/mol. The van der Waals surface area contributed by atoms with E-state index in [2.05, 4.69) is 9.83 Å². The van der Waals surface area contributed by atoms with Crippen LogP contribution >= 0.6 is 23.2 Å². The Hall–Kier alpha value is -4.16. The lowest BCUT2D eigenvalue weighted by Gasteiger charge is -2.25. The molecule has 3 rings (SSSR count). The zero-order valence-corrected chi connectivity index (χ0v) is 21.4. The van der Waals surface area contributed by atoms with Gasteiger partial charge in [-0.1, -0.05) is 53.5 Å². The SMILES string of the molecule is NOC(=O)[C@H](Cc1ccccc1)N(N)C(=O)Cc1c(Cl)cc(OC(=O)c2ccc(N=C(N)N)cc2)cc1Cl. The van der Waals surface area contributed by atoms with E-state index in [-0.39, 0.29) is 45.7 Å². The van der Waals surface area contributed by atoms with Gasteiger partial charge in [0.15, 0.2) is 12.0 Å². The Morgan fingerprint density at radius 1 is 0.947 bits per heavy atom. The fraction of sp³-hybridized carbons (Fsp3) is 0.120. The molecule has 0 aliphatic carbocycles. The van der Waals surface area contributed by atoms with Gasteiger partial charge in [-0.15, -0.1) is 0 Å². The zero-order valence-electron chi connectivity index (χ0n) is 19.8. The molecule has 0 radical (unpaired) electrons. The lowest BCUT2D eigenvalue weighted by molar-refractivity contribution is -0.155. The number of rotatable bonds is 9. The van der Waals surface area contributed by atoms with Gasteiger partial charge in [0.1, 0.15) is 5.75 Å². The van der Waals surface area contributed by atoms with Crippen molar-refractivity contribution in [1.82, 2.24) is 5.01 Å². The number of ether oxygens (including phenoxy) is 1. The van der Waals surface area contributed by atoms with Crippen molar-refractivity contribution in [1.29, 1.82) is 0 Å². The molecule has 0 aliphatic heterocycles. The van der Waals surface area contributed by atoms with Crippen LogP contribution in [0.3, 0.4) is 0 Å². The van der Waals surface area contributed by atoms with Gasteiger partial charge >= 0.3 is 11.9 Å². The summed E-state index contributed by atoms with van der Waals surface area (Å²) in [7, 11) is 0. The Bertz CT molecular complexity index is 1330. The maximum Gasteiger partial charge on any atom is 0.349 e. The van der Waals surface area contributed by atoms with Crippen LogP contribution in [0.25, 0.3) is 0 Å². The number of carbonyl (C=O) groups excluding carboxylic acids is 3. The quantitative estimate of drug-likeness (QED) is 0.0580. The molecule has 0 unspecified atom stereocenters. The van der Waals surface area contributed by atoms with E-state index >= 15 is 0 Å². The standard InChI is InChI=1S/C25H24Cl2N6O5/c26-19-11-17(37-23(35)15-6-8-16(9-7-15)32-25(28)29)12-20(27)18(19)13-22(34)33(30)21(24(36)38-31)10-14-4-2-1-3-5-14/h1-9,11-12,21H,10,13,30-31H2,(H4,28,29,32)/t21-/m0/s1. The predicted octanol–water partition coefficient (Wildman–Crippen LogP) is 2.39. The Morgan fingerprint density at radius 2 is 1.55 bits per heavy atom. The van der Waals surface area contributed by atoms with Crippen molar-refractivity contribution >= 4 is 52.7 Å². The molecule has 0 aromatic heterocycles. The molecule has 8 N–H and O–H groups in total. The van der Waals surface area contributed by atoms with Crippen LogP contribution in [0, 0.1) is 0 Å². The lowest BCUT2D eigenvalue weighted by Crippen LogP contribution is -2.52. The molecular formula is C25H24Cl2N6O5. The van der Waals surface area contributed by atoms with E-state index in [0.717, 1.165) is 10.6 Å². The third-order valence-electron chi connectivity index (χ3n) is 5.30. The Morgan fingerprint density at radius 3 is 2.11 bits per heavy atom. The van der Waals surface area contributed by atoms with Gasteiger partial charge in [-0.2, -0.15) is 5.90 Å². The average Bonchev–Trinajstić information content (AvgIpc) is 2.89. The highest BCUT2D eigenvalue weighted by Gasteiger charge is 2.30. The number of halogens is 2. The molecule has 198 valence electrons. The summed E-state index contributed by atoms with van der Waals surface area (Å²) in [5.74, 6) is 8.71. The molecular weight excluding hydrogens is 535 g/mol. The molecule has 1 atom stereocenters. The van der Waals surface area contributed by atoms with Crippen LogP contribution in [-0.2, 0) is 27.3 Å². The number of aliphatic imine (C=N–C) groups is 1. The molecule has 0 spiro atoms. The number of benzene rings is 3. The molecule has 38 heavy (non-hydrogen) atoms. The van der Waals surface area contributed by atoms with E-state index < -0.39 is 23.9 Å². The average molecular weight is 559 g/mol. The minimum atomic E-state index is -1.19. The van der Waals surface area contributed by atoms with E-state index in [1.54, 1.807) is 30.3 Å². The number of hydrogen-bond donors (Lipinski definition) is 4. The van der Waals surface area contributed by atoms with Gasteiger partial charge in [0.2, 0.25) is 5.91 Å². The highest BCUT2D eigenvalue weighted by molar-refractivity contribution is 6.36. The number of carbonyl (C=O) groups is 3. The molecule has 0 saturated carbocycles. The number of amides is 1. The summed E-state index contributed by atoms with van der Waals surface area (Å²) < 4.78 is 5.35. The summed E-state index contributed by atoms with van der Waals surface area (Å²) in [6, 6.07) is 16.4. The Balaban J connectivity index is 1.72. The van der Waals surface area contributed by atoms with Crippen molar-refractivity contribution in [2.45, 2.75) is 18.9 Å². The summed E-state index contributed by atoms with van der Waals surface area (Å²) >= 11 is 12.7. The van der Waals surface area contributed by atoms with Crippen LogP contribution in [0.2, 0.25) is 10.0 Å². The molecule has 0 saturated heterocycles. The maximum absolute atomic E-state index is 12.9. The molecule has 11 nitrogen and oxygen atoms in total. The van der Waals surface area contributed by atoms with Gasteiger partial charge in [0, 0.05) is 16.5 Å². The molecule has 0 aliphatic rings. The van der Waals surface area contributed by atoms with Crippen molar-refractivity contribution < 1.29 is 24.0 Å². The summed E-state index contributed by atoms with van der Waals surface area (Å²) in [4.78, 5) is 45.9. The number of guanidine groups is 1. The van der Waals surface area contributed by atoms with E-state index in [9.17, 15) is 14.4 Å². The maximum atomic E-state index is 12.9. The summed E-state index contributed by atoms with van der Waals surface area (Å²) in [6.45, 7) is 0. The van der Waals surface area contributed by atoms with Crippen LogP contribution in [0.4, 0.5) is 5.69 Å². The van der Waals surface area contributed by atoms with Crippen molar-refractivity contribution in [2.24, 2.45) is 28.2 Å². The first-order chi connectivity index (χ1) is 18.1. The number of esters is 1. The monoisotopic (exact) mass is 558 g/mol. The first-order valence-electron chi connectivity index (χ1n) is 11.0. The van der Waals surface area contributed by atoms with Crippen molar-refractivity contribution in [3.8, 4) is 5.75 Å². The smallest absolute Gasteiger partial charge is 0.349 e. The minimum absolute atomic E-state index is 0.0474. The fourth-order valence-electron chi connectivity index (χ4n) is 3.42. The van der Waals surface area contributed by atoms with Crippen LogP contribution in [0.15, 0.2) is 71.7 Å². The molecule has 3 aromatic rings. The summed E-state index contributed by atoms with van der Waals surface area (Å²) in [5, 5.41) is 0.826. The highest BCUT2D eigenvalue weighted by Crippen LogP contribution is 2.31. The van der Waals surface area contributed by atoms with Gasteiger partial charge in [0.25, 0.3) is 0 Å². The molecule has 1 amide bonds. The first kappa shape index (κ1) is 28.4. The van der Waals surface area contributed by atoms with Crippen LogP contribution in [-0.4, -0.2) is 34.9 Å². The van der Waals surface area contributed by atoms with Crippen LogP contribution < -0.4 is 27.9 Å². The Kier molecular flexibility index (Phi) is 9.63. The van der Waals surface area contributed by atoms with Gasteiger partial charge in [-0.3, -0.25) is 9.80 Å². The van der Waals surface area contributed by atoms with E-state index in [1.807, 2.05) is 0 Å². The summed E-state index contributed by atoms with van der Waals surface area (Å²) in [6.07, 6.45) is -0.278. The first-order valence-corrected chi connectivity index (χ1v) is 11.8. The second-order valence-electron chi connectivity index (χ2n) is 7.96. The summed E-state index contributed by atoms with van der Waals surface area (Å²) in [5.41, 5.74) is 12.3. The lowest BCUT2D eigenvalue weighted by atomic mass is 10.0. The number of nitrogens with zero attached hydrogens (tertiary/aromatic N) is 2. The molecule has 0 bridgehead atoms. The molecule has 3 aromatic carbocycles. The second-order valence-corrected chi connectivity index (χ2v) is 8.77. The topological polar surface area (TPSA) is 189 Å². The minimum Gasteiger partial charge on any atom is -0.423 e. The van der Waals surface area contributed by atoms with E-state index in [4.69, 9.17) is 51.1 Å². The largest absolute Gasteiger partial charge is 0.423 e. The van der Waals surface area contributed by atoms with Crippen LogP contribution in [0.5, 0.6) is 5.75 Å².